The van der Waals surface area contributed by atoms with Crippen LogP contribution in [-0.2, 0) is 0 Å². The van der Waals surface area contributed by atoms with Crippen molar-refractivity contribution in [3.05, 3.63) is 57.8 Å². The number of nitrogens with one attached hydrogen (secondary N) is 1. The molecule has 0 saturated carbocycles. The molecule has 8 heteroatoms. The normalized spacial score (nSPS) is 10.2. The van der Waals surface area contributed by atoms with Crippen molar-refractivity contribution in [3.63, 3.8) is 0 Å². The van der Waals surface area contributed by atoms with E-state index in [0.717, 1.165) is 6.07 Å². The van der Waals surface area contributed by atoms with Gasteiger partial charge in [0, 0.05) is 12.3 Å². The monoisotopic (exact) mass is 356 g/mol. The first-order chi connectivity index (χ1) is 9.90. The van der Waals surface area contributed by atoms with Crippen LogP contribution in [0.5, 0.6) is 0 Å². The molecule has 0 aliphatic carbocycles. The smallest absolute Gasteiger partial charge is 0.338 e. The molecular weight excluding hydrogens is 350 g/mol. The Morgan fingerprint density at radius 3 is 2.62 bits per heavy atom. The Morgan fingerprint density at radius 2 is 1.95 bits per heavy atom. The Hall–Kier alpha value is -2.35. The molecule has 0 aliphatic rings. The van der Waals surface area contributed by atoms with Crippen LogP contribution < -0.4 is 5.32 Å². The number of halogens is 3. The lowest BCUT2D eigenvalue weighted by Crippen LogP contribution is -2.18. The third kappa shape index (κ3) is 3.22. The molecule has 0 unspecified atom stereocenters. The van der Waals surface area contributed by atoms with Crippen LogP contribution in [-0.4, -0.2) is 22.0 Å². The highest BCUT2D eigenvalue weighted by molar-refractivity contribution is 9.10. The van der Waals surface area contributed by atoms with Crippen molar-refractivity contribution >= 4 is 33.5 Å². The van der Waals surface area contributed by atoms with Crippen LogP contribution in [0.15, 0.2) is 34.9 Å². The van der Waals surface area contributed by atoms with E-state index in [1.54, 1.807) is 0 Å². The molecule has 0 saturated heterocycles. The van der Waals surface area contributed by atoms with Crippen LogP contribution in [0, 0.1) is 11.6 Å². The lowest BCUT2D eigenvalue weighted by Gasteiger charge is -2.08. The van der Waals surface area contributed by atoms with Crippen molar-refractivity contribution in [1.82, 2.24) is 4.98 Å². The van der Waals surface area contributed by atoms with E-state index in [-0.39, 0.29) is 21.4 Å². The van der Waals surface area contributed by atoms with Gasteiger partial charge in [-0.25, -0.2) is 13.6 Å². The molecule has 0 aliphatic heterocycles. The molecule has 2 rings (SSSR count). The number of nitrogens with zero attached hydrogens (tertiary/aromatic N) is 1. The van der Waals surface area contributed by atoms with Gasteiger partial charge < -0.3 is 10.4 Å². The van der Waals surface area contributed by atoms with Crippen molar-refractivity contribution < 1.29 is 23.5 Å². The van der Waals surface area contributed by atoms with Gasteiger partial charge in [-0.1, -0.05) is 0 Å². The molecule has 108 valence electrons. The summed E-state index contributed by atoms with van der Waals surface area (Å²) < 4.78 is 26.6. The topological polar surface area (TPSA) is 79.3 Å². The van der Waals surface area contributed by atoms with Gasteiger partial charge in [-0.05, 0) is 34.1 Å². The van der Waals surface area contributed by atoms with E-state index in [1.807, 2.05) is 0 Å². The molecule has 0 bridgehead atoms. The second-order valence-electron chi connectivity index (χ2n) is 3.91. The Balaban J connectivity index is 2.35. The minimum Gasteiger partial charge on any atom is -0.478 e. The molecule has 2 aromatic rings. The van der Waals surface area contributed by atoms with E-state index in [1.165, 1.54) is 18.3 Å². The van der Waals surface area contributed by atoms with E-state index in [2.05, 4.69) is 26.2 Å². The predicted octanol–water partition coefficient (Wildman–Crippen LogP) is 3.07. The van der Waals surface area contributed by atoms with Crippen molar-refractivity contribution in [2.75, 3.05) is 5.32 Å². The van der Waals surface area contributed by atoms with E-state index in [4.69, 9.17) is 5.11 Å². The number of pyridine rings is 1. The van der Waals surface area contributed by atoms with Crippen molar-refractivity contribution in [2.24, 2.45) is 0 Å². The Labute approximate surface area is 125 Å². The molecule has 1 heterocycles. The SMILES string of the molecule is O=C(O)c1cccnc1C(=O)Nc1cc(Br)c(F)cc1F. The number of aromatic nitrogens is 1. The van der Waals surface area contributed by atoms with E-state index >= 15 is 0 Å². The summed E-state index contributed by atoms with van der Waals surface area (Å²) in [5, 5.41) is 11.1. The molecule has 1 aromatic heterocycles. The maximum atomic E-state index is 13.6. The van der Waals surface area contributed by atoms with Gasteiger partial charge in [0.15, 0.2) is 0 Å². The highest BCUT2D eigenvalue weighted by atomic mass is 79.9. The predicted molar refractivity (Wildman–Crippen MR) is 73.2 cm³/mol. The fourth-order valence-electron chi connectivity index (χ4n) is 1.56. The van der Waals surface area contributed by atoms with E-state index < -0.39 is 23.5 Å². The van der Waals surface area contributed by atoms with Crippen molar-refractivity contribution in [1.29, 1.82) is 0 Å². The minimum absolute atomic E-state index is 0.0429. The molecule has 0 fully saturated rings. The molecule has 2 N–H and O–H groups in total. The molecule has 1 amide bonds. The minimum atomic E-state index is -1.34. The van der Waals surface area contributed by atoms with Crippen LogP contribution in [0.2, 0.25) is 0 Å². The average Bonchev–Trinajstić information content (AvgIpc) is 2.44. The van der Waals surface area contributed by atoms with Gasteiger partial charge in [-0.3, -0.25) is 9.78 Å². The number of amides is 1. The zero-order valence-corrected chi connectivity index (χ0v) is 11.8. The lowest BCUT2D eigenvalue weighted by atomic mass is 10.2. The molecule has 0 radical (unpaired) electrons. The number of carboxylic acid groups (broad SMARTS) is 1. The largest absolute Gasteiger partial charge is 0.478 e. The Kier molecular flexibility index (Phi) is 4.27. The first-order valence-electron chi connectivity index (χ1n) is 5.54. The van der Waals surface area contributed by atoms with Crippen molar-refractivity contribution in [2.45, 2.75) is 0 Å². The summed E-state index contributed by atoms with van der Waals surface area (Å²) in [5.74, 6) is -4.06. The number of hydrogen-bond acceptors (Lipinski definition) is 3. The zero-order chi connectivity index (χ0) is 15.6. The first-order valence-corrected chi connectivity index (χ1v) is 6.33. The average molecular weight is 357 g/mol. The number of carbonyl (C=O) groups excluding carboxylic acids is 1. The quantitative estimate of drug-likeness (QED) is 0.828. The van der Waals surface area contributed by atoms with Gasteiger partial charge in [-0.2, -0.15) is 0 Å². The fraction of sp³-hybridized carbons (Fsp3) is 0. The van der Waals surface area contributed by atoms with Crippen LogP contribution in [0.25, 0.3) is 0 Å². The number of benzene rings is 1. The number of aromatic carboxylic acids is 1. The van der Waals surface area contributed by atoms with Crippen LogP contribution in [0.3, 0.4) is 0 Å². The number of carboxylic acids is 1. The summed E-state index contributed by atoms with van der Waals surface area (Å²) in [6.07, 6.45) is 1.23. The van der Waals surface area contributed by atoms with Gasteiger partial charge in [0.25, 0.3) is 5.91 Å². The summed E-state index contributed by atoms with van der Waals surface area (Å²) in [4.78, 5) is 26.6. The third-order valence-electron chi connectivity index (χ3n) is 2.51. The first kappa shape index (κ1) is 15.0. The number of carbonyl (C=O) groups is 2. The van der Waals surface area contributed by atoms with Gasteiger partial charge >= 0.3 is 5.97 Å². The van der Waals surface area contributed by atoms with E-state index in [0.29, 0.717) is 6.07 Å². The fourth-order valence-corrected chi connectivity index (χ4v) is 1.90. The second kappa shape index (κ2) is 5.96. The zero-order valence-electron chi connectivity index (χ0n) is 10.2. The molecule has 5 nitrogen and oxygen atoms in total. The van der Waals surface area contributed by atoms with Crippen LogP contribution >= 0.6 is 15.9 Å². The van der Waals surface area contributed by atoms with Gasteiger partial charge in [0.05, 0.1) is 15.7 Å². The van der Waals surface area contributed by atoms with Crippen LogP contribution in [0.4, 0.5) is 14.5 Å². The summed E-state index contributed by atoms with van der Waals surface area (Å²) in [5.41, 5.74) is -0.989. The summed E-state index contributed by atoms with van der Waals surface area (Å²) >= 11 is 2.86. The summed E-state index contributed by atoms with van der Waals surface area (Å²) in [6, 6.07) is 4.18. The maximum Gasteiger partial charge on any atom is 0.338 e. The molecule has 1 aromatic carbocycles. The second-order valence-corrected chi connectivity index (χ2v) is 4.76. The number of hydrogen-bond donors (Lipinski definition) is 2. The summed E-state index contributed by atoms with van der Waals surface area (Å²) in [6.45, 7) is 0. The molecule has 0 spiro atoms. The summed E-state index contributed by atoms with van der Waals surface area (Å²) in [7, 11) is 0. The number of anilines is 1. The van der Waals surface area contributed by atoms with Crippen LogP contribution in [0.1, 0.15) is 20.8 Å². The third-order valence-corrected chi connectivity index (χ3v) is 3.12. The molecule has 21 heavy (non-hydrogen) atoms. The van der Waals surface area contributed by atoms with Gasteiger partial charge in [0.1, 0.15) is 17.3 Å². The standard InChI is InChI=1S/C13H7BrF2N2O3/c14-7-4-10(9(16)5-8(7)15)18-12(19)11-6(13(20)21)2-1-3-17-11/h1-5H,(H,18,19)(H,20,21). The van der Waals surface area contributed by atoms with Gasteiger partial charge in [-0.15, -0.1) is 0 Å². The van der Waals surface area contributed by atoms with Crippen molar-refractivity contribution in [3.8, 4) is 0 Å². The maximum absolute atomic E-state index is 13.6. The molecule has 0 atom stereocenters. The van der Waals surface area contributed by atoms with E-state index in [9.17, 15) is 18.4 Å². The highest BCUT2D eigenvalue weighted by Crippen LogP contribution is 2.24. The number of rotatable bonds is 3. The molecular formula is C13H7BrF2N2O3. The van der Waals surface area contributed by atoms with Gasteiger partial charge in [0.2, 0.25) is 0 Å². The highest BCUT2D eigenvalue weighted by Gasteiger charge is 2.19. The Morgan fingerprint density at radius 1 is 1.24 bits per heavy atom. The Bertz CT molecular complexity index is 737. The lowest BCUT2D eigenvalue weighted by molar-refractivity contribution is 0.0691.